The molecule has 2 aromatic rings. The number of amides is 2. The molecule has 0 radical (unpaired) electrons. The first-order valence-electron chi connectivity index (χ1n) is 10.3. The molecule has 1 fully saturated rings. The summed E-state index contributed by atoms with van der Waals surface area (Å²) in [7, 11) is 0. The summed E-state index contributed by atoms with van der Waals surface area (Å²) in [4.78, 5) is 26.2. The van der Waals surface area contributed by atoms with E-state index in [-0.39, 0.29) is 30.1 Å². The van der Waals surface area contributed by atoms with Crippen molar-refractivity contribution in [2.24, 2.45) is 0 Å². The van der Waals surface area contributed by atoms with Gasteiger partial charge in [-0.3, -0.25) is 9.59 Å². The zero-order chi connectivity index (χ0) is 22.3. The van der Waals surface area contributed by atoms with Gasteiger partial charge in [0.1, 0.15) is 0 Å². The van der Waals surface area contributed by atoms with Gasteiger partial charge in [0.25, 0.3) is 0 Å². The van der Waals surface area contributed by atoms with Gasteiger partial charge in [-0.2, -0.15) is 13.2 Å². The highest BCUT2D eigenvalue weighted by molar-refractivity contribution is 5.81. The van der Waals surface area contributed by atoms with Gasteiger partial charge in [0.2, 0.25) is 11.8 Å². The third kappa shape index (κ3) is 7.01. The molecule has 2 amide bonds. The molecular formula is C23H26F3N3O2. The molecule has 0 saturated carbocycles. The molecule has 2 N–H and O–H groups in total. The summed E-state index contributed by atoms with van der Waals surface area (Å²) in [5, 5.41) is 5.80. The SMILES string of the molecule is O=C(CCc1ccccc1)NC1CCN(C(=O)CNc2cccc(C(F)(F)F)c2)CC1. The average molecular weight is 433 g/mol. The average Bonchev–Trinajstić information content (AvgIpc) is 2.77. The number of hydrogen-bond donors (Lipinski definition) is 2. The van der Waals surface area contributed by atoms with E-state index in [1.807, 2.05) is 30.3 Å². The predicted molar refractivity (Wildman–Crippen MR) is 112 cm³/mol. The van der Waals surface area contributed by atoms with E-state index in [2.05, 4.69) is 10.6 Å². The zero-order valence-electron chi connectivity index (χ0n) is 17.1. The highest BCUT2D eigenvalue weighted by Crippen LogP contribution is 2.30. The van der Waals surface area contributed by atoms with Gasteiger partial charge in [-0.25, -0.2) is 0 Å². The van der Waals surface area contributed by atoms with Gasteiger partial charge < -0.3 is 15.5 Å². The van der Waals surface area contributed by atoms with E-state index >= 15 is 0 Å². The Labute approximate surface area is 179 Å². The number of halogens is 3. The fourth-order valence-electron chi connectivity index (χ4n) is 3.57. The summed E-state index contributed by atoms with van der Waals surface area (Å²) in [5.41, 5.74) is 0.615. The molecule has 3 rings (SSSR count). The van der Waals surface area contributed by atoms with Crippen LogP contribution in [0.3, 0.4) is 0 Å². The lowest BCUT2D eigenvalue weighted by Gasteiger charge is -2.32. The number of aryl methyl sites for hydroxylation is 1. The van der Waals surface area contributed by atoms with Crippen LogP contribution in [0.15, 0.2) is 54.6 Å². The largest absolute Gasteiger partial charge is 0.416 e. The van der Waals surface area contributed by atoms with E-state index in [1.165, 1.54) is 12.1 Å². The summed E-state index contributed by atoms with van der Waals surface area (Å²) < 4.78 is 38.4. The Morgan fingerprint density at radius 2 is 1.71 bits per heavy atom. The van der Waals surface area contributed by atoms with Crippen LogP contribution < -0.4 is 10.6 Å². The van der Waals surface area contributed by atoms with Gasteiger partial charge in [-0.05, 0) is 43.0 Å². The number of carbonyl (C=O) groups is 2. The van der Waals surface area contributed by atoms with E-state index in [9.17, 15) is 22.8 Å². The van der Waals surface area contributed by atoms with Gasteiger partial charge in [-0.1, -0.05) is 36.4 Å². The summed E-state index contributed by atoms with van der Waals surface area (Å²) >= 11 is 0. The Hall–Kier alpha value is -3.03. The second-order valence-corrected chi connectivity index (χ2v) is 7.64. The fraction of sp³-hybridized carbons (Fsp3) is 0.391. The first-order valence-corrected chi connectivity index (χ1v) is 10.3. The van der Waals surface area contributed by atoms with Crippen molar-refractivity contribution >= 4 is 17.5 Å². The summed E-state index contributed by atoms with van der Waals surface area (Å²) in [5.74, 6) is -0.175. The van der Waals surface area contributed by atoms with Crippen molar-refractivity contribution in [3.8, 4) is 0 Å². The first-order chi connectivity index (χ1) is 14.8. The van der Waals surface area contributed by atoms with Crippen LogP contribution in [-0.4, -0.2) is 42.4 Å². The third-order valence-corrected chi connectivity index (χ3v) is 5.33. The molecule has 0 aromatic heterocycles. The molecule has 1 heterocycles. The summed E-state index contributed by atoms with van der Waals surface area (Å²) in [6.07, 6.45) is -2.00. The van der Waals surface area contributed by atoms with Crippen LogP contribution in [-0.2, 0) is 22.2 Å². The van der Waals surface area contributed by atoms with Crippen LogP contribution in [0.4, 0.5) is 18.9 Å². The van der Waals surface area contributed by atoms with E-state index in [4.69, 9.17) is 0 Å². The number of nitrogens with one attached hydrogen (secondary N) is 2. The quantitative estimate of drug-likeness (QED) is 0.697. The van der Waals surface area contributed by atoms with Crippen molar-refractivity contribution in [2.75, 3.05) is 25.0 Å². The molecule has 166 valence electrons. The third-order valence-electron chi connectivity index (χ3n) is 5.33. The molecule has 0 atom stereocenters. The number of rotatable bonds is 7. The molecule has 8 heteroatoms. The normalized spacial score (nSPS) is 14.9. The Balaban J connectivity index is 1.38. The zero-order valence-corrected chi connectivity index (χ0v) is 17.1. The van der Waals surface area contributed by atoms with Crippen LogP contribution in [0.5, 0.6) is 0 Å². The minimum atomic E-state index is -4.42. The Morgan fingerprint density at radius 1 is 1.00 bits per heavy atom. The van der Waals surface area contributed by atoms with Gasteiger partial charge in [0.05, 0.1) is 12.1 Å². The molecule has 31 heavy (non-hydrogen) atoms. The van der Waals surface area contributed by atoms with Crippen LogP contribution in [0.2, 0.25) is 0 Å². The molecule has 0 aliphatic carbocycles. The van der Waals surface area contributed by atoms with Crippen molar-refractivity contribution in [3.05, 3.63) is 65.7 Å². The standard InChI is InChI=1S/C23H26F3N3O2/c24-23(25,26)18-7-4-8-20(15-18)27-16-22(31)29-13-11-19(12-14-29)28-21(30)10-9-17-5-2-1-3-6-17/h1-8,15,19,27H,9-14,16H2,(H,28,30). The molecule has 1 saturated heterocycles. The monoisotopic (exact) mass is 433 g/mol. The predicted octanol–water partition coefficient (Wildman–Crippen LogP) is 3.86. The van der Waals surface area contributed by atoms with E-state index < -0.39 is 11.7 Å². The summed E-state index contributed by atoms with van der Waals surface area (Å²) in [6.45, 7) is 0.939. The molecule has 0 spiro atoms. The maximum absolute atomic E-state index is 12.8. The number of piperidine rings is 1. The van der Waals surface area contributed by atoms with E-state index in [0.717, 1.165) is 17.7 Å². The van der Waals surface area contributed by atoms with E-state index in [0.29, 0.717) is 38.8 Å². The highest BCUT2D eigenvalue weighted by Gasteiger charge is 2.30. The van der Waals surface area contributed by atoms with Crippen molar-refractivity contribution in [2.45, 2.75) is 37.9 Å². The van der Waals surface area contributed by atoms with Gasteiger partial charge in [-0.15, -0.1) is 0 Å². The van der Waals surface area contributed by atoms with Gasteiger partial charge >= 0.3 is 6.18 Å². The molecule has 1 aliphatic heterocycles. The number of carbonyl (C=O) groups excluding carboxylic acids is 2. The van der Waals surface area contributed by atoms with Crippen molar-refractivity contribution in [3.63, 3.8) is 0 Å². The topological polar surface area (TPSA) is 61.4 Å². The van der Waals surface area contributed by atoms with Crippen molar-refractivity contribution in [1.29, 1.82) is 0 Å². The molecular weight excluding hydrogens is 407 g/mol. The minimum absolute atomic E-state index is 0.000146. The number of hydrogen-bond acceptors (Lipinski definition) is 3. The second kappa shape index (κ2) is 10.3. The number of alkyl halides is 3. The fourth-order valence-corrected chi connectivity index (χ4v) is 3.57. The van der Waals surface area contributed by atoms with Crippen LogP contribution in [0.1, 0.15) is 30.4 Å². The number of likely N-dealkylation sites (tertiary alicyclic amines) is 1. The molecule has 2 aromatic carbocycles. The highest BCUT2D eigenvalue weighted by atomic mass is 19.4. The van der Waals surface area contributed by atoms with Gasteiger partial charge in [0.15, 0.2) is 0 Å². The Morgan fingerprint density at radius 3 is 2.39 bits per heavy atom. The molecule has 1 aliphatic rings. The lowest BCUT2D eigenvalue weighted by atomic mass is 10.0. The van der Waals surface area contributed by atoms with Crippen LogP contribution >= 0.6 is 0 Å². The Kier molecular flexibility index (Phi) is 7.55. The minimum Gasteiger partial charge on any atom is -0.376 e. The number of benzene rings is 2. The first kappa shape index (κ1) is 22.7. The maximum atomic E-state index is 12.8. The van der Waals surface area contributed by atoms with Gasteiger partial charge in [0, 0.05) is 31.2 Å². The summed E-state index contributed by atoms with van der Waals surface area (Å²) in [6, 6.07) is 14.6. The van der Waals surface area contributed by atoms with Crippen molar-refractivity contribution < 1.29 is 22.8 Å². The van der Waals surface area contributed by atoms with Crippen LogP contribution in [0.25, 0.3) is 0 Å². The molecule has 5 nitrogen and oxygen atoms in total. The lowest BCUT2D eigenvalue weighted by molar-refractivity contribution is -0.137. The second-order valence-electron chi connectivity index (χ2n) is 7.64. The van der Waals surface area contributed by atoms with Crippen molar-refractivity contribution in [1.82, 2.24) is 10.2 Å². The number of anilines is 1. The molecule has 0 unspecified atom stereocenters. The number of nitrogens with zero attached hydrogens (tertiary/aromatic N) is 1. The van der Waals surface area contributed by atoms with E-state index in [1.54, 1.807) is 4.90 Å². The lowest BCUT2D eigenvalue weighted by Crippen LogP contribution is -2.47. The van der Waals surface area contributed by atoms with Crippen LogP contribution in [0, 0.1) is 0 Å². The molecule has 0 bridgehead atoms. The smallest absolute Gasteiger partial charge is 0.376 e. The Bertz CT molecular complexity index is 879. The maximum Gasteiger partial charge on any atom is 0.416 e.